The molecule has 9 heteroatoms. The van der Waals surface area contributed by atoms with Gasteiger partial charge in [0.25, 0.3) is 10.2 Å². The summed E-state index contributed by atoms with van der Waals surface area (Å²) in [4.78, 5) is 26.0. The van der Waals surface area contributed by atoms with Crippen LogP contribution >= 0.6 is 0 Å². The summed E-state index contributed by atoms with van der Waals surface area (Å²) >= 11 is 0. The largest absolute Gasteiger partial charge is 0.343 e. The molecule has 0 aromatic heterocycles. The molecule has 1 aromatic carbocycles. The Balaban J connectivity index is 1.43. The minimum atomic E-state index is -3.52. The van der Waals surface area contributed by atoms with E-state index in [2.05, 4.69) is 5.32 Å². The van der Waals surface area contributed by atoms with Crippen LogP contribution in [0.1, 0.15) is 37.7 Å². The minimum Gasteiger partial charge on any atom is -0.343 e. The predicted molar refractivity (Wildman–Crippen MR) is 120 cm³/mol. The van der Waals surface area contributed by atoms with Crippen molar-refractivity contribution in [3.05, 3.63) is 42.0 Å². The zero-order chi connectivity index (χ0) is 22.3. The maximum atomic E-state index is 12.9. The lowest BCUT2D eigenvalue weighted by Gasteiger charge is -2.38. The van der Waals surface area contributed by atoms with E-state index in [1.165, 1.54) is 21.1 Å². The molecule has 1 aromatic rings. The number of rotatable bonds is 7. The molecule has 0 atom stereocenters. The molecule has 2 amide bonds. The van der Waals surface area contributed by atoms with Crippen molar-refractivity contribution >= 4 is 28.1 Å². The fraction of sp³-hybridized carbons (Fsp3) is 0.545. The summed E-state index contributed by atoms with van der Waals surface area (Å²) in [5.41, 5.74) is 0.902. The van der Waals surface area contributed by atoms with Crippen molar-refractivity contribution < 1.29 is 18.0 Å². The number of carbonyl (C=O) groups is 2. The normalized spacial score (nSPS) is 19.1. The van der Waals surface area contributed by atoms with Gasteiger partial charge in [0, 0.05) is 45.3 Å². The molecule has 1 saturated heterocycles. The lowest BCUT2D eigenvalue weighted by Crippen LogP contribution is -2.56. The van der Waals surface area contributed by atoms with Crippen LogP contribution in [0.25, 0.3) is 6.08 Å². The van der Waals surface area contributed by atoms with E-state index < -0.39 is 10.2 Å². The minimum absolute atomic E-state index is 0.0672. The molecule has 0 radical (unpaired) electrons. The Morgan fingerprint density at radius 1 is 1.06 bits per heavy atom. The van der Waals surface area contributed by atoms with E-state index in [0.717, 1.165) is 31.2 Å². The molecule has 170 valence electrons. The molecular formula is C22H32N4O4S. The summed E-state index contributed by atoms with van der Waals surface area (Å²) in [5, 5.41) is 2.60. The van der Waals surface area contributed by atoms with Crippen LogP contribution in [-0.4, -0.2) is 79.6 Å². The number of hydrogen-bond acceptors (Lipinski definition) is 4. The number of amides is 2. The summed E-state index contributed by atoms with van der Waals surface area (Å²) in [6.07, 6.45) is 8.21. The van der Waals surface area contributed by atoms with Crippen LogP contribution in [-0.2, 0) is 19.8 Å². The first-order valence-electron chi connectivity index (χ1n) is 10.9. The molecule has 1 saturated carbocycles. The number of nitrogens with one attached hydrogen (secondary N) is 1. The van der Waals surface area contributed by atoms with Gasteiger partial charge in [0.05, 0.1) is 6.54 Å². The summed E-state index contributed by atoms with van der Waals surface area (Å²) in [5.74, 6) is -0.549. The van der Waals surface area contributed by atoms with Gasteiger partial charge in [0.15, 0.2) is 0 Å². The van der Waals surface area contributed by atoms with E-state index in [0.29, 0.717) is 13.1 Å². The highest BCUT2D eigenvalue weighted by Crippen LogP contribution is 2.25. The Labute approximate surface area is 185 Å². The van der Waals surface area contributed by atoms with Crippen molar-refractivity contribution in [2.24, 2.45) is 0 Å². The Kier molecular flexibility index (Phi) is 8.22. The number of hydrogen-bond donors (Lipinski definition) is 1. The summed E-state index contributed by atoms with van der Waals surface area (Å²) in [6.45, 7) is 1.09. The smallest absolute Gasteiger partial charge is 0.282 e. The molecule has 0 bridgehead atoms. The van der Waals surface area contributed by atoms with E-state index in [1.54, 1.807) is 18.0 Å². The van der Waals surface area contributed by atoms with Gasteiger partial charge < -0.3 is 10.2 Å². The molecule has 8 nitrogen and oxygen atoms in total. The van der Waals surface area contributed by atoms with Gasteiger partial charge in [-0.2, -0.15) is 17.0 Å². The van der Waals surface area contributed by atoms with Gasteiger partial charge in [-0.05, 0) is 24.5 Å². The predicted octanol–water partition coefficient (Wildman–Crippen LogP) is 1.47. The number of carbonyl (C=O) groups excluding carboxylic acids is 2. The van der Waals surface area contributed by atoms with Crippen LogP contribution in [0, 0.1) is 0 Å². The van der Waals surface area contributed by atoms with Crippen LogP contribution in [0.3, 0.4) is 0 Å². The van der Waals surface area contributed by atoms with Crippen molar-refractivity contribution in [1.29, 1.82) is 0 Å². The fourth-order valence-corrected chi connectivity index (χ4v) is 5.63. The quantitative estimate of drug-likeness (QED) is 0.640. The SMILES string of the molecule is CN(C1CCCCC1)S(=O)(=O)N1CCN(C(=O)CNC(=O)/C=C/c2ccccc2)CC1. The number of piperazine rings is 1. The van der Waals surface area contributed by atoms with Crippen LogP contribution in [0.15, 0.2) is 36.4 Å². The molecule has 1 N–H and O–H groups in total. The second-order valence-electron chi connectivity index (χ2n) is 8.06. The van der Waals surface area contributed by atoms with E-state index >= 15 is 0 Å². The fourth-order valence-electron chi connectivity index (χ4n) is 4.05. The first kappa shape index (κ1) is 23.4. The third-order valence-electron chi connectivity index (χ3n) is 6.01. The number of benzene rings is 1. The Morgan fingerprint density at radius 2 is 1.71 bits per heavy atom. The first-order valence-corrected chi connectivity index (χ1v) is 12.3. The van der Waals surface area contributed by atoms with Gasteiger partial charge >= 0.3 is 0 Å². The average molecular weight is 449 g/mol. The molecule has 0 unspecified atom stereocenters. The molecule has 1 aliphatic carbocycles. The summed E-state index contributed by atoms with van der Waals surface area (Å²) < 4.78 is 28.9. The van der Waals surface area contributed by atoms with E-state index in [4.69, 9.17) is 0 Å². The lowest BCUT2D eigenvalue weighted by molar-refractivity contribution is -0.133. The van der Waals surface area contributed by atoms with Gasteiger partial charge in [0.2, 0.25) is 11.8 Å². The Bertz CT molecular complexity index is 874. The molecule has 31 heavy (non-hydrogen) atoms. The van der Waals surface area contributed by atoms with Crippen molar-refractivity contribution in [3.8, 4) is 0 Å². The standard InChI is InChI=1S/C22H32N4O4S/c1-24(20-10-6-3-7-11-20)31(29,30)26-16-14-25(15-17-26)22(28)18-23-21(27)13-12-19-8-4-2-5-9-19/h2,4-5,8-9,12-13,20H,3,6-7,10-11,14-18H2,1H3,(H,23,27)/b13-12+. The van der Waals surface area contributed by atoms with Crippen LogP contribution < -0.4 is 5.32 Å². The molecule has 1 heterocycles. The molecule has 3 rings (SSSR count). The second kappa shape index (κ2) is 10.9. The second-order valence-corrected chi connectivity index (χ2v) is 10.0. The maximum absolute atomic E-state index is 12.9. The maximum Gasteiger partial charge on any atom is 0.282 e. The molecule has 2 fully saturated rings. The average Bonchev–Trinajstić information content (AvgIpc) is 2.82. The van der Waals surface area contributed by atoms with Crippen molar-refractivity contribution in [1.82, 2.24) is 18.8 Å². The topological polar surface area (TPSA) is 90.0 Å². The highest BCUT2D eigenvalue weighted by atomic mass is 32.2. The van der Waals surface area contributed by atoms with Crippen molar-refractivity contribution in [2.75, 3.05) is 39.8 Å². The Hall–Kier alpha value is -2.23. The van der Waals surface area contributed by atoms with Gasteiger partial charge in [-0.15, -0.1) is 0 Å². The van der Waals surface area contributed by atoms with E-state index in [9.17, 15) is 18.0 Å². The summed E-state index contributed by atoms with van der Waals surface area (Å²) in [7, 11) is -1.85. The van der Waals surface area contributed by atoms with Gasteiger partial charge in [-0.3, -0.25) is 9.59 Å². The van der Waals surface area contributed by atoms with Crippen LogP contribution in [0.5, 0.6) is 0 Å². The number of nitrogens with zero attached hydrogens (tertiary/aromatic N) is 3. The summed E-state index contributed by atoms with van der Waals surface area (Å²) in [6, 6.07) is 9.50. The zero-order valence-corrected chi connectivity index (χ0v) is 18.9. The van der Waals surface area contributed by atoms with Crippen molar-refractivity contribution in [3.63, 3.8) is 0 Å². The van der Waals surface area contributed by atoms with Gasteiger partial charge in [0.1, 0.15) is 0 Å². The lowest BCUT2D eigenvalue weighted by atomic mass is 9.96. The van der Waals surface area contributed by atoms with Crippen molar-refractivity contribution in [2.45, 2.75) is 38.1 Å². The first-order chi connectivity index (χ1) is 14.9. The van der Waals surface area contributed by atoms with E-state index in [-0.39, 0.29) is 37.5 Å². The molecule has 2 aliphatic rings. The zero-order valence-electron chi connectivity index (χ0n) is 18.1. The van der Waals surface area contributed by atoms with Gasteiger partial charge in [-0.1, -0.05) is 49.6 Å². The highest BCUT2D eigenvalue weighted by Gasteiger charge is 2.35. The van der Waals surface area contributed by atoms with Gasteiger partial charge in [-0.25, -0.2) is 0 Å². The third-order valence-corrected chi connectivity index (χ3v) is 8.05. The highest BCUT2D eigenvalue weighted by molar-refractivity contribution is 7.86. The molecule has 0 spiro atoms. The Morgan fingerprint density at radius 3 is 2.35 bits per heavy atom. The van der Waals surface area contributed by atoms with Crippen LogP contribution in [0.2, 0.25) is 0 Å². The monoisotopic (exact) mass is 448 g/mol. The molecule has 1 aliphatic heterocycles. The third kappa shape index (κ3) is 6.38. The molecular weight excluding hydrogens is 416 g/mol. The van der Waals surface area contributed by atoms with E-state index in [1.807, 2.05) is 30.3 Å². The van der Waals surface area contributed by atoms with Crippen LogP contribution in [0.4, 0.5) is 0 Å².